The monoisotopic (exact) mass is 240 g/mol. The molecular weight excluding hydrogens is 224 g/mol. The fourth-order valence-corrected chi connectivity index (χ4v) is 1.32. The molecule has 0 saturated heterocycles. The number of aliphatic hydroxyl groups is 2. The van der Waals surface area contributed by atoms with Gasteiger partial charge in [0.05, 0.1) is 13.2 Å². The van der Waals surface area contributed by atoms with E-state index in [1.54, 1.807) is 30.3 Å². The number of hydrogen-bond acceptors (Lipinski definition) is 5. The second kappa shape index (κ2) is 6.34. The first-order valence-corrected chi connectivity index (χ1v) is 5.24. The minimum Gasteiger partial charge on any atom is -0.460 e. The maximum Gasteiger partial charge on any atom is 0.302 e. The highest BCUT2D eigenvalue weighted by molar-refractivity contribution is 5.65. The zero-order valence-corrected chi connectivity index (χ0v) is 9.63. The third-order valence-electron chi connectivity index (χ3n) is 2.13. The normalized spacial score (nSPS) is 14.1. The Kier molecular flexibility index (Phi) is 5.09. The molecule has 1 atom stereocenters. The first-order chi connectivity index (χ1) is 8.08. The summed E-state index contributed by atoms with van der Waals surface area (Å²) in [5, 5.41) is 19.0. The highest BCUT2D eigenvalue weighted by Crippen LogP contribution is 2.22. The van der Waals surface area contributed by atoms with Crippen molar-refractivity contribution >= 4 is 5.97 Å². The highest BCUT2D eigenvalue weighted by atomic mass is 16.7. The molecule has 0 aromatic heterocycles. The minimum atomic E-state index is -1.73. The standard InChI is InChI=1S/C12H16O5/c1-10(14)16-9-12(15,17-8-7-13)11-5-3-2-4-6-11/h2-6,13,15H,7-9H2,1H3. The Hall–Kier alpha value is -1.43. The van der Waals surface area contributed by atoms with E-state index in [4.69, 9.17) is 14.6 Å². The van der Waals surface area contributed by atoms with Crippen LogP contribution >= 0.6 is 0 Å². The van der Waals surface area contributed by atoms with Crippen molar-refractivity contribution in [3.8, 4) is 0 Å². The lowest BCUT2D eigenvalue weighted by atomic mass is 10.1. The van der Waals surface area contributed by atoms with Gasteiger partial charge in [-0.1, -0.05) is 30.3 Å². The van der Waals surface area contributed by atoms with Crippen molar-refractivity contribution in [2.45, 2.75) is 12.7 Å². The van der Waals surface area contributed by atoms with Gasteiger partial charge in [-0.05, 0) is 0 Å². The van der Waals surface area contributed by atoms with Crippen LogP contribution in [0.1, 0.15) is 12.5 Å². The third kappa shape index (κ3) is 4.14. The van der Waals surface area contributed by atoms with E-state index in [0.29, 0.717) is 5.56 Å². The average Bonchev–Trinajstić information content (AvgIpc) is 2.35. The van der Waals surface area contributed by atoms with E-state index in [9.17, 15) is 9.90 Å². The second-order valence-corrected chi connectivity index (χ2v) is 3.50. The molecule has 1 aromatic carbocycles. The molecule has 2 N–H and O–H groups in total. The number of aliphatic hydroxyl groups excluding tert-OH is 1. The van der Waals surface area contributed by atoms with E-state index >= 15 is 0 Å². The molecule has 0 bridgehead atoms. The van der Waals surface area contributed by atoms with Crippen LogP contribution in [0.25, 0.3) is 0 Å². The summed E-state index contributed by atoms with van der Waals surface area (Å²) in [4.78, 5) is 10.8. The summed E-state index contributed by atoms with van der Waals surface area (Å²) in [5.41, 5.74) is 0.467. The molecule has 94 valence electrons. The van der Waals surface area contributed by atoms with Crippen molar-refractivity contribution in [3.05, 3.63) is 35.9 Å². The second-order valence-electron chi connectivity index (χ2n) is 3.50. The van der Waals surface area contributed by atoms with E-state index < -0.39 is 11.8 Å². The summed E-state index contributed by atoms with van der Waals surface area (Å²) in [6.07, 6.45) is 0. The molecule has 0 aliphatic rings. The summed E-state index contributed by atoms with van der Waals surface area (Å²) in [5.74, 6) is -2.23. The van der Waals surface area contributed by atoms with Crippen LogP contribution in [0, 0.1) is 0 Å². The zero-order valence-electron chi connectivity index (χ0n) is 9.63. The maximum atomic E-state index is 10.8. The van der Waals surface area contributed by atoms with Gasteiger partial charge in [0.1, 0.15) is 6.61 Å². The molecule has 5 heteroatoms. The lowest BCUT2D eigenvalue weighted by molar-refractivity contribution is -0.242. The smallest absolute Gasteiger partial charge is 0.302 e. The first kappa shape index (κ1) is 13.6. The molecule has 0 saturated carbocycles. The van der Waals surface area contributed by atoms with Gasteiger partial charge in [0.2, 0.25) is 5.79 Å². The Labute approximate surface area is 99.6 Å². The lowest BCUT2D eigenvalue weighted by Gasteiger charge is -2.27. The van der Waals surface area contributed by atoms with Crippen molar-refractivity contribution < 1.29 is 24.5 Å². The van der Waals surface area contributed by atoms with Gasteiger partial charge in [-0.25, -0.2) is 0 Å². The summed E-state index contributed by atoms with van der Waals surface area (Å²) in [7, 11) is 0. The third-order valence-corrected chi connectivity index (χ3v) is 2.13. The van der Waals surface area contributed by atoms with Gasteiger partial charge < -0.3 is 19.7 Å². The molecular formula is C12H16O5. The number of esters is 1. The quantitative estimate of drug-likeness (QED) is 0.556. The number of rotatable bonds is 6. The highest BCUT2D eigenvalue weighted by Gasteiger charge is 2.31. The summed E-state index contributed by atoms with van der Waals surface area (Å²) < 4.78 is 9.91. The van der Waals surface area contributed by atoms with Gasteiger partial charge >= 0.3 is 5.97 Å². The molecule has 1 aromatic rings. The Balaban J connectivity index is 2.81. The Bertz CT molecular complexity index is 351. The molecule has 0 radical (unpaired) electrons. The van der Waals surface area contributed by atoms with Crippen LogP contribution in [-0.2, 0) is 20.1 Å². The molecule has 0 fully saturated rings. The van der Waals surface area contributed by atoms with Crippen LogP contribution in [0.4, 0.5) is 0 Å². The molecule has 0 aliphatic carbocycles. The topological polar surface area (TPSA) is 76.0 Å². The van der Waals surface area contributed by atoms with E-state index in [1.165, 1.54) is 6.92 Å². The van der Waals surface area contributed by atoms with Gasteiger partial charge in [0, 0.05) is 12.5 Å². The lowest BCUT2D eigenvalue weighted by Crippen LogP contribution is -2.36. The predicted octanol–water partition coefficient (Wildman–Crippen LogP) is 0.404. The fraction of sp³-hybridized carbons (Fsp3) is 0.417. The zero-order chi connectivity index (χ0) is 12.7. The Morgan fingerprint density at radius 3 is 2.53 bits per heavy atom. The van der Waals surface area contributed by atoms with Crippen LogP contribution in [0.3, 0.4) is 0 Å². The number of benzene rings is 1. The molecule has 1 rings (SSSR count). The maximum absolute atomic E-state index is 10.8. The van der Waals surface area contributed by atoms with Crippen LogP contribution in [0.5, 0.6) is 0 Å². The van der Waals surface area contributed by atoms with Crippen molar-refractivity contribution in [1.82, 2.24) is 0 Å². The SMILES string of the molecule is CC(=O)OCC(O)(OCCO)c1ccccc1. The number of ether oxygens (including phenoxy) is 2. The molecule has 0 spiro atoms. The predicted molar refractivity (Wildman–Crippen MR) is 60.0 cm³/mol. The summed E-state index contributed by atoms with van der Waals surface area (Å²) in [6, 6.07) is 8.57. The van der Waals surface area contributed by atoms with Crippen LogP contribution in [-0.4, -0.2) is 36.0 Å². The molecule has 17 heavy (non-hydrogen) atoms. The van der Waals surface area contributed by atoms with Crippen LogP contribution in [0.2, 0.25) is 0 Å². The van der Waals surface area contributed by atoms with E-state index in [0.717, 1.165) is 0 Å². The van der Waals surface area contributed by atoms with Crippen molar-refractivity contribution in [2.75, 3.05) is 19.8 Å². The van der Waals surface area contributed by atoms with E-state index in [1.807, 2.05) is 0 Å². The molecule has 5 nitrogen and oxygen atoms in total. The first-order valence-electron chi connectivity index (χ1n) is 5.24. The number of carbonyl (C=O) groups is 1. The Morgan fingerprint density at radius 2 is 2.00 bits per heavy atom. The van der Waals surface area contributed by atoms with Gasteiger partial charge in [-0.3, -0.25) is 4.79 Å². The minimum absolute atomic E-state index is 0.0489. The summed E-state index contributed by atoms with van der Waals surface area (Å²) >= 11 is 0. The van der Waals surface area contributed by atoms with Crippen LogP contribution in [0.15, 0.2) is 30.3 Å². The fourth-order valence-electron chi connectivity index (χ4n) is 1.32. The largest absolute Gasteiger partial charge is 0.460 e. The van der Waals surface area contributed by atoms with Gasteiger partial charge in [-0.2, -0.15) is 0 Å². The van der Waals surface area contributed by atoms with Gasteiger partial charge in [0.15, 0.2) is 0 Å². The molecule has 1 unspecified atom stereocenters. The van der Waals surface area contributed by atoms with E-state index in [2.05, 4.69) is 0 Å². The Morgan fingerprint density at radius 1 is 1.35 bits per heavy atom. The molecule has 0 heterocycles. The average molecular weight is 240 g/mol. The molecule has 0 aliphatic heterocycles. The molecule has 0 amide bonds. The number of hydrogen-bond donors (Lipinski definition) is 2. The van der Waals surface area contributed by atoms with Gasteiger partial charge in [0.25, 0.3) is 0 Å². The summed E-state index contributed by atoms with van der Waals surface area (Å²) in [6.45, 7) is 0.658. The van der Waals surface area contributed by atoms with Crippen LogP contribution < -0.4 is 0 Å². The number of carbonyl (C=O) groups excluding carboxylic acids is 1. The van der Waals surface area contributed by atoms with E-state index in [-0.39, 0.29) is 19.8 Å². The van der Waals surface area contributed by atoms with Crippen molar-refractivity contribution in [3.63, 3.8) is 0 Å². The van der Waals surface area contributed by atoms with Gasteiger partial charge in [-0.15, -0.1) is 0 Å². The van der Waals surface area contributed by atoms with Crippen molar-refractivity contribution in [2.24, 2.45) is 0 Å². The van der Waals surface area contributed by atoms with Crippen molar-refractivity contribution in [1.29, 1.82) is 0 Å².